The Balaban J connectivity index is 1.91. The Labute approximate surface area is 144 Å². The Morgan fingerprint density at radius 3 is 2.80 bits per heavy atom. The molecule has 0 aliphatic carbocycles. The SMILES string of the molecule is COc1ccccc1C1CNCCN1Cc1ncccc1C(F)(F)F. The number of halogens is 3. The number of hydrogen-bond donors (Lipinski definition) is 1. The molecule has 25 heavy (non-hydrogen) atoms. The number of para-hydroxylation sites is 1. The molecular weight excluding hydrogens is 331 g/mol. The molecule has 0 spiro atoms. The van der Waals surface area contributed by atoms with Crippen LogP contribution in [0.1, 0.15) is 22.9 Å². The van der Waals surface area contributed by atoms with Gasteiger partial charge in [-0.05, 0) is 18.2 Å². The highest BCUT2D eigenvalue weighted by Crippen LogP contribution is 2.34. The van der Waals surface area contributed by atoms with Crippen LogP contribution in [-0.2, 0) is 12.7 Å². The maximum absolute atomic E-state index is 13.3. The third-order valence-corrected chi connectivity index (χ3v) is 4.40. The van der Waals surface area contributed by atoms with Crippen molar-refractivity contribution in [1.82, 2.24) is 15.2 Å². The van der Waals surface area contributed by atoms with Crippen molar-refractivity contribution in [2.45, 2.75) is 18.8 Å². The topological polar surface area (TPSA) is 37.4 Å². The molecule has 1 unspecified atom stereocenters. The molecule has 0 radical (unpaired) electrons. The zero-order valence-corrected chi connectivity index (χ0v) is 13.9. The summed E-state index contributed by atoms with van der Waals surface area (Å²) in [6.07, 6.45) is -3.00. The molecule has 7 heteroatoms. The van der Waals surface area contributed by atoms with Gasteiger partial charge in [0.15, 0.2) is 0 Å². The fraction of sp³-hybridized carbons (Fsp3) is 0.389. The summed E-state index contributed by atoms with van der Waals surface area (Å²) in [5, 5.41) is 3.31. The smallest absolute Gasteiger partial charge is 0.418 e. The van der Waals surface area contributed by atoms with E-state index >= 15 is 0 Å². The number of ether oxygens (including phenoxy) is 1. The van der Waals surface area contributed by atoms with Crippen LogP contribution in [-0.4, -0.2) is 36.6 Å². The first-order valence-corrected chi connectivity index (χ1v) is 8.09. The minimum Gasteiger partial charge on any atom is -0.496 e. The first kappa shape index (κ1) is 17.7. The summed E-state index contributed by atoms with van der Waals surface area (Å²) in [5.41, 5.74) is 0.339. The number of benzene rings is 1. The van der Waals surface area contributed by atoms with Gasteiger partial charge in [-0.2, -0.15) is 13.2 Å². The van der Waals surface area contributed by atoms with E-state index in [1.807, 2.05) is 29.2 Å². The van der Waals surface area contributed by atoms with Crippen molar-refractivity contribution in [3.05, 3.63) is 59.4 Å². The molecular formula is C18H20F3N3O. The molecule has 1 aromatic carbocycles. The highest BCUT2D eigenvalue weighted by molar-refractivity contribution is 5.36. The van der Waals surface area contributed by atoms with E-state index in [0.717, 1.165) is 23.9 Å². The lowest BCUT2D eigenvalue weighted by Crippen LogP contribution is -2.45. The number of alkyl halides is 3. The van der Waals surface area contributed by atoms with Gasteiger partial charge in [-0.25, -0.2) is 0 Å². The molecule has 2 aromatic rings. The average molecular weight is 351 g/mol. The van der Waals surface area contributed by atoms with Gasteiger partial charge in [0.05, 0.1) is 24.4 Å². The van der Waals surface area contributed by atoms with Gasteiger partial charge < -0.3 is 10.1 Å². The van der Waals surface area contributed by atoms with Crippen LogP contribution in [0, 0.1) is 0 Å². The van der Waals surface area contributed by atoms with Crippen molar-refractivity contribution in [2.75, 3.05) is 26.7 Å². The van der Waals surface area contributed by atoms with Gasteiger partial charge in [0.1, 0.15) is 5.75 Å². The third kappa shape index (κ3) is 3.93. The van der Waals surface area contributed by atoms with Gasteiger partial charge in [-0.1, -0.05) is 18.2 Å². The summed E-state index contributed by atoms with van der Waals surface area (Å²) < 4.78 is 45.2. The molecule has 4 nitrogen and oxygen atoms in total. The van der Waals surface area contributed by atoms with Crippen LogP contribution < -0.4 is 10.1 Å². The minimum atomic E-state index is -4.41. The predicted molar refractivity (Wildman–Crippen MR) is 88.3 cm³/mol. The first-order chi connectivity index (χ1) is 12.0. The Bertz CT molecular complexity index is 721. The Morgan fingerprint density at radius 2 is 2.04 bits per heavy atom. The maximum atomic E-state index is 13.3. The largest absolute Gasteiger partial charge is 0.496 e. The van der Waals surface area contributed by atoms with E-state index in [4.69, 9.17) is 4.74 Å². The van der Waals surface area contributed by atoms with E-state index in [1.165, 1.54) is 12.3 Å². The van der Waals surface area contributed by atoms with Crippen LogP contribution in [0.3, 0.4) is 0 Å². The lowest BCUT2D eigenvalue weighted by atomic mass is 10.0. The van der Waals surface area contributed by atoms with E-state index in [0.29, 0.717) is 13.1 Å². The number of aromatic nitrogens is 1. The molecule has 0 saturated carbocycles. The van der Waals surface area contributed by atoms with Crippen LogP contribution in [0.2, 0.25) is 0 Å². The molecule has 134 valence electrons. The number of rotatable bonds is 4. The molecule has 3 rings (SSSR count). The van der Waals surface area contributed by atoms with E-state index < -0.39 is 11.7 Å². The van der Waals surface area contributed by atoms with Crippen LogP contribution >= 0.6 is 0 Å². The van der Waals surface area contributed by atoms with Gasteiger partial charge in [0.2, 0.25) is 0 Å². The molecule has 1 atom stereocenters. The van der Waals surface area contributed by atoms with Crippen LogP contribution in [0.15, 0.2) is 42.6 Å². The summed E-state index contributed by atoms with van der Waals surface area (Å²) >= 11 is 0. The highest BCUT2D eigenvalue weighted by Gasteiger charge is 2.35. The summed E-state index contributed by atoms with van der Waals surface area (Å²) in [6.45, 7) is 2.14. The number of methoxy groups -OCH3 is 1. The van der Waals surface area contributed by atoms with Gasteiger partial charge in [0, 0.05) is 37.9 Å². The van der Waals surface area contributed by atoms with Gasteiger partial charge in [0.25, 0.3) is 0 Å². The molecule has 1 aliphatic heterocycles. The zero-order chi connectivity index (χ0) is 17.9. The van der Waals surface area contributed by atoms with Crippen molar-refractivity contribution < 1.29 is 17.9 Å². The molecule has 1 saturated heterocycles. The average Bonchev–Trinajstić information content (AvgIpc) is 2.62. The molecule has 1 aromatic heterocycles. The van der Waals surface area contributed by atoms with E-state index in [2.05, 4.69) is 10.3 Å². The Hall–Kier alpha value is -2.12. The molecule has 1 fully saturated rings. The summed E-state index contributed by atoms with van der Waals surface area (Å²) in [4.78, 5) is 6.02. The monoisotopic (exact) mass is 351 g/mol. The van der Waals surface area contributed by atoms with Crippen molar-refractivity contribution in [1.29, 1.82) is 0 Å². The predicted octanol–water partition coefficient (Wildman–Crippen LogP) is 3.26. The van der Waals surface area contributed by atoms with Gasteiger partial charge >= 0.3 is 6.18 Å². The van der Waals surface area contributed by atoms with Crippen LogP contribution in [0.4, 0.5) is 13.2 Å². The number of pyridine rings is 1. The van der Waals surface area contributed by atoms with Gasteiger partial charge in [-0.3, -0.25) is 9.88 Å². The second-order valence-electron chi connectivity index (χ2n) is 5.93. The Kier molecular flexibility index (Phi) is 5.24. The zero-order valence-electron chi connectivity index (χ0n) is 13.9. The van der Waals surface area contributed by atoms with Crippen molar-refractivity contribution in [2.24, 2.45) is 0 Å². The summed E-state index contributed by atoms with van der Waals surface area (Å²) in [7, 11) is 1.60. The van der Waals surface area contributed by atoms with Crippen LogP contribution in [0.25, 0.3) is 0 Å². The number of hydrogen-bond acceptors (Lipinski definition) is 4. The van der Waals surface area contributed by atoms with Gasteiger partial charge in [-0.15, -0.1) is 0 Å². The summed E-state index contributed by atoms with van der Waals surface area (Å²) in [6, 6.07) is 9.94. The second kappa shape index (κ2) is 7.41. The number of piperazine rings is 1. The maximum Gasteiger partial charge on any atom is 0.418 e. The number of nitrogens with zero attached hydrogens (tertiary/aromatic N) is 2. The van der Waals surface area contributed by atoms with E-state index in [-0.39, 0.29) is 18.3 Å². The first-order valence-electron chi connectivity index (χ1n) is 8.09. The highest BCUT2D eigenvalue weighted by atomic mass is 19.4. The lowest BCUT2D eigenvalue weighted by Gasteiger charge is -2.37. The molecule has 1 aliphatic rings. The molecule has 0 amide bonds. The van der Waals surface area contributed by atoms with Crippen molar-refractivity contribution >= 4 is 0 Å². The van der Waals surface area contributed by atoms with Crippen molar-refractivity contribution in [3.8, 4) is 5.75 Å². The van der Waals surface area contributed by atoms with Crippen molar-refractivity contribution in [3.63, 3.8) is 0 Å². The summed E-state index contributed by atoms with van der Waals surface area (Å²) in [5.74, 6) is 0.735. The standard InChI is InChI=1S/C18H20F3N3O/c1-25-17-7-3-2-5-13(17)16-11-22-9-10-24(16)12-15-14(18(19,20)21)6-4-8-23-15/h2-8,16,22H,9-12H2,1H3. The minimum absolute atomic E-state index is 0.0526. The Morgan fingerprint density at radius 1 is 1.24 bits per heavy atom. The molecule has 0 bridgehead atoms. The quantitative estimate of drug-likeness (QED) is 0.918. The fourth-order valence-electron chi connectivity index (χ4n) is 3.20. The lowest BCUT2D eigenvalue weighted by molar-refractivity contribution is -0.138. The number of nitrogens with one attached hydrogen (secondary N) is 1. The molecule has 2 heterocycles. The third-order valence-electron chi connectivity index (χ3n) is 4.40. The van der Waals surface area contributed by atoms with E-state index in [1.54, 1.807) is 7.11 Å². The fourth-order valence-corrected chi connectivity index (χ4v) is 3.20. The van der Waals surface area contributed by atoms with Crippen LogP contribution in [0.5, 0.6) is 5.75 Å². The van der Waals surface area contributed by atoms with E-state index in [9.17, 15) is 13.2 Å². The second-order valence-corrected chi connectivity index (χ2v) is 5.93. The normalized spacial score (nSPS) is 19.0. The molecule has 1 N–H and O–H groups in total.